The number of aliphatic hydroxyl groups excluding tert-OH is 3. The molecule has 1 unspecified atom stereocenters. The summed E-state index contributed by atoms with van der Waals surface area (Å²) < 4.78 is 9.06. The third kappa shape index (κ3) is 1.49. The molecule has 6 nitrogen and oxygen atoms in total. The summed E-state index contributed by atoms with van der Waals surface area (Å²) in [7, 11) is 0. The van der Waals surface area contributed by atoms with Gasteiger partial charge in [-0.2, -0.15) is 5.26 Å². The summed E-state index contributed by atoms with van der Waals surface area (Å²) >= 11 is 0. The van der Waals surface area contributed by atoms with Crippen molar-refractivity contribution in [3.05, 3.63) is 0 Å². The average molecular weight is 175 g/mol. The lowest BCUT2D eigenvalue weighted by Crippen LogP contribution is -2.34. The standard InChI is InChI=1S/C6H9NO5/c7-2-11-6-5(10)4(9)3(1-8)12-6/h3-6,8-10H,1H2/t3-,4-,5-,6?/m1/s1. The van der Waals surface area contributed by atoms with E-state index in [1.54, 1.807) is 0 Å². The van der Waals surface area contributed by atoms with E-state index in [4.69, 9.17) is 25.3 Å². The third-order valence-electron chi connectivity index (χ3n) is 1.67. The van der Waals surface area contributed by atoms with Gasteiger partial charge in [-0.05, 0) is 0 Å². The highest BCUT2D eigenvalue weighted by Gasteiger charge is 2.43. The second-order valence-corrected chi connectivity index (χ2v) is 2.42. The highest BCUT2D eigenvalue weighted by molar-refractivity contribution is 4.87. The van der Waals surface area contributed by atoms with Gasteiger partial charge in [-0.25, -0.2) is 0 Å². The average Bonchev–Trinajstić information content (AvgIpc) is 2.33. The Bertz CT molecular complexity index is 191. The molecule has 6 heteroatoms. The van der Waals surface area contributed by atoms with Gasteiger partial charge < -0.3 is 24.8 Å². The van der Waals surface area contributed by atoms with Crippen LogP contribution in [0.4, 0.5) is 0 Å². The number of nitrogens with zero attached hydrogens (tertiary/aromatic N) is 1. The van der Waals surface area contributed by atoms with E-state index in [1.807, 2.05) is 0 Å². The van der Waals surface area contributed by atoms with Gasteiger partial charge in [0.2, 0.25) is 6.29 Å². The summed E-state index contributed by atoms with van der Waals surface area (Å²) in [4.78, 5) is 0. The first-order valence-corrected chi connectivity index (χ1v) is 3.38. The van der Waals surface area contributed by atoms with E-state index in [1.165, 1.54) is 6.26 Å². The predicted molar refractivity (Wildman–Crippen MR) is 34.5 cm³/mol. The summed E-state index contributed by atoms with van der Waals surface area (Å²) in [5.74, 6) is 0. The molecule has 0 aromatic rings. The zero-order chi connectivity index (χ0) is 9.14. The van der Waals surface area contributed by atoms with E-state index in [0.29, 0.717) is 0 Å². The Kier molecular flexibility index (Phi) is 2.83. The van der Waals surface area contributed by atoms with Crippen LogP contribution in [0.5, 0.6) is 0 Å². The van der Waals surface area contributed by atoms with Crippen LogP contribution >= 0.6 is 0 Å². The minimum Gasteiger partial charge on any atom is -0.394 e. The number of hydrogen-bond acceptors (Lipinski definition) is 6. The van der Waals surface area contributed by atoms with Gasteiger partial charge in [0, 0.05) is 0 Å². The minimum absolute atomic E-state index is 0.427. The summed E-state index contributed by atoms with van der Waals surface area (Å²) in [6, 6.07) is 0. The Hall–Kier alpha value is -0.870. The van der Waals surface area contributed by atoms with Crippen molar-refractivity contribution in [1.82, 2.24) is 0 Å². The maximum atomic E-state index is 9.13. The van der Waals surface area contributed by atoms with Gasteiger partial charge in [0.15, 0.2) is 0 Å². The molecule has 4 atom stereocenters. The van der Waals surface area contributed by atoms with Crippen LogP contribution in [-0.2, 0) is 9.47 Å². The molecular weight excluding hydrogens is 166 g/mol. The Morgan fingerprint density at radius 3 is 2.50 bits per heavy atom. The highest BCUT2D eigenvalue weighted by Crippen LogP contribution is 2.21. The van der Waals surface area contributed by atoms with Crippen molar-refractivity contribution >= 4 is 0 Å². The van der Waals surface area contributed by atoms with E-state index in [2.05, 4.69) is 4.74 Å². The van der Waals surface area contributed by atoms with Crippen LogP contribution in [0.2, 0.25) is 0 Å². The molecule has 1 fully saturated rings. The maximum Gasteiger partial charge on any atom is 0.289 e. The van der Waals surface area contributed by atoms with Crippen LogP contribution in [0, 0.1) is 11.5 Å². The molecular formula is C6H9NO5. The molecule has 0 radical (unpaired) electrons. The normalized spacial score (nSPS) is 40.8. The molecule has 0 bridgehead atoms. The highest BCUT2D eigenvalue weighted by atomic mass is 16.7. The molecule has 0 aromatic heterocycles. The van der Waals surface area contributed by atoms with Crippen LogP contribution < -0.4 is 0 Å². The number of aliphatic hydroxyl groups is 3. The Balaban J connectivity index is 2.55. The minimum atomic E-state index is -1.29. The first kappa shape index (κ1) is 9.22. The second kappa shape index (κ2) is 3.69. The molecule has 1 aliphatic rings. The van der Waals surface area contributed by atoms with Gasteiger partial charge >= 0.3 is 0 Å². The molecule has 1 saturated heterocycles. The molecule has 1 heterocycles. The lowest BCUT2D eigenvalue weighted by atomic mass is 10.1. The molecule has 12 heavy (non-hydrogen) atoms. The molecule has 1 rings (SSSR count). The Labute approximate surface area is 68.6 Å². The fourth-order valence-electron chi connectivity index (χ4n) is 1.01. The summed E-state index contributed by atoms with van der Waals surface area (Å²) in [5.41, 5.74) is 0. The van der Waals surface area contributed by atoms with Crippen LogP contribution in [0.3, 0.4) is 0 Å². The van der Waals surface area contributed by atoms with Crippen molar-refractivity contribution in [3.63, 3.8) is 0 Å². The number of rotatable bonds is 2. The summed E-state index contributed by atoms with van der Waals surface area (Å²) in [6.07, 6.45) is -3.25. The monoisotopic (exact) mass is 175 g/mol. The fraction of sp³-hybridized carbons (Fsp3) is 0.833. The van der Waals surface area contributed by atoms with Crippen molar-refractivity contribution in [3.8, 4) is 6.26 Å². The SMILES string of the molecule is N#COC1O[C@H](CO)[C@@H](O)[C@H]1O. The summed E-state index contributed by atoms with van der Waals surface area (Å²) in [5, 5.41) is 34.9. The van der Waals surface area contributed by atoms with Gasteiger partial charge in [0.05, 0.1) is 6.61 Å². The number of nitriles is 1. The van der Waals surface area contributed by atoms with E-state index in [0.717, 1.165) is 0 Å². The quantitative estimate of drug-likeness (QED) is 0.416. The van der Waals surface area contributed by atoms with Gasteiger partial charge in [0.25, 0.3) is 6.26 Å². The lowest BCUT2D eigenvalue weighted by molar-refractivity contribution is -0.132. The van der Waals surface area contributed by atoms with Crippen LogP contribution in [0.15, 0.2) is 0 Å². The zero-order valence-corrected chi connectivity index (χ0v) is 6.12. The van der Waals surface area contributed by atoms with E-state index < -0.39 is 31.2 Å². The van der Waals surface area contributed by atoms with Gasteiger partial charge in [-0.1, -0.05) is 0 Å². The van der Waals surface area contributed by atoms with Crippen LogP contribution in [-0.4, -0.2) is 46.5 Å². The van der Waals surface area contributed by atoms with Crippen molar-refractivity contribution in [1.29, 1.82) is 5.26 Å². The molecule has 1 aliphatic heterocycles. The largest absolute Gasteiger partial charge is 0.394 e. The zero-order valence-electron chi connectivity index (χ0n) is 6.12. The van der Waals surface area contributed by atoms with Gasteiger partial charge in [-0.15, -0.1) is 0 Å². The smallest absolute Gasteiger partial charge is 0.289 e. The Morgan fingerprint density at radius 1 is 1.42 bits per heavy atom. The van der Waals surface area contributed by atoms with Crippen LogP contribution in [0.1, 0.15) is 0 Å². The molecule has 68 valence electrons. The molecule has 0 saturated carbocycles. The van der Waals surface area contributed by atoms with Crippen molar-refractivity contribution in [2.75, 3.05) is 6.61 Å². The molecule has 0 spiro atoms. The molecule has 0 aromatic carbocycles. The Morgan fingerprint density at radius 2 is 2.08 bits per heavy atom. The predicted octanol–water partition coefficient (Wildman–Crippen LogP) is -2.08. The first-order chi connectivity index (χ1) is 5.70. The van der Waals surface area contributed by atoms with Crippen molar-refractivity contribution in [2.24, 2.45) is 0 Å². The topological polar surface area (TPSA) is 103 Å². The lowest BCUT2D eigenvalue weighted by Gasteiger charge is -2.10. The van der Waals surface area contributed by atoms with Crippen molar-refractivity contribution < 1.29 is 24.8 Å². The van der Waals surface area contributed by atoms with E-state index in [-0.39, 0.29) is 0 Å². The van der Waals surface area contributed by atoms with Crippen molar-refractivity contribution in [2.45, 2.75) is 24.6 Å². The molecule has 0 amide bonds. The molecule has 0 aliphatic carbocycles. The summed E-state index contributed by atoms with van der Waals surface area (Å²) in [6.45, 7) is -0.427. The van der Waals surface area contributed by atoms with E-state index >= 15 is 0 Å². The van der Waals surface area contributed by atoms with Gasteiger partial charge in [0.1, 0.15) is 18.3 Å². The third-order valence-corrected chi connectivity index (χ3v) is 1.67. The number of ether oxygens (including phenoxy) is 2. The number of hydrogen-bond donors (Lipinski definition) is 3. The molecule has 3 N–H and O–H groups in total. The maximum absolute atomic E-state index is 9.13. The van der Waals surface area contributed by atoms with E-state index in [9.17, 15) is 0 Å². The van der Waals surface area contributed by atoms with Crippen LogP contribution in [0.25, 0.3) is 0 Å². The van der Waals surface area contributed by atoms with Gasteiger partial charge in [-0.3, -0.25) is 0 Å². The second-order valence-electron chi connectivity index (χ2n) is 2.42. The fourth-order valence-corrected chi connectivity index (χ4v) is 1.01. The first-order valence-electron chi connectivity index (χ1n) is 3.38.